The number of hydrogen-bond donors (Lipinski definition) is 1. The summed E-state index contributed by atoms with van der Waals surface area (Å²) in [5.41, 5.74) is 2.11. The van der Waals surface area contributed by atoms with Gasteiger partial charge in [-0.05, 0) is 25.0 Å². The van der Waals surface area contributed by atoms with Crippen LogP contribution in [0.3, 0.4) is 0 Å². The van der Waals surface area contributed by atoms with E-state index in [2.05, 4.69) is 20.9 Å². The van der Waals surface area contributed by atoms with Gasteiger partial charge in [-0.25, -0.2) is 4.98 Å². The summed E-state index contributed by atoms with van der Waals surface area (Å²) >= 11 is 0. The van der Waals surface area contributed by atoms with Crippen molar-refractivity contribution in [3.05, 3.63) is 30.1 Å². The lowest BCUT2D eigenvalue weighted by Gasteiger charge is -2.15. The Kier molecular flexibility index (Phi) is 5.13. The molecule has 128 valence electrons. The predicted octanol–water partition coefficient (Wildman–Crippen LogP) is 1.63. The Balaban J connectivity index is 1.40. The number of nitrogens with one attached hydrogen (secondary N) is 1. The normalized spacial score (nSPS) is 14.5. The summed E-state index contributed by atoms with van der Waals surface area (Å²) in [4.78, 5) is 29.8. The molecule has 0 aliphatic carbocycles. The molecule has 6 heteroatoms. The molecule has 0 saturated carbocycles. The van der Waals surface area contributed by atoms with Crippen molar-refractivity contribution in [2.24, 2.45) is 7.05 Å². The number of carbonyl (C=O) groups excluding carboxylic acids is 2. The number of aryl methyl sites for hydroxylation is 2. The van der Waals surface area contributed by atoms with E-state index in [9.17, 15) is 9.59 Å². The minimum atomic E-state index is 0.0420. The van der Waals surface area contributed by atoms with Gasteiger partial charge in [0.15, 0.2) is 0 Å². The fourth-order valence-corrected chi connectivity index (χ4v) is 3.19. The van der Waals surface area contributed by atoms with E-state index >= 15 is 0 Å². The fourth-order valence-electron chi connectivity index (χ4n) is 3.19. The van der Waals surface area contributed by atoms with Crippen LogP contribution in [-0.2, 0) is 23.1 Å². The molecule has 1 aliphatic heterocycles. The summed E-state index contributed by atoms with van der Waals surface area (Å²) < 4.78 is 2.09. The maximum atomic E-state index is 11.9. The van der Waals surface area contributed by atoms with Crippen LogP contribution >= 0.6 is 0 Å². The van der Waals surface area contributed by atoms with Crippen LogP contribution in [0.1, 0.15) is 31.5 Å². The lowest BCUT2D eigenvalue weighted by atomic mass is 10.2. The summed E-state index contributed by atoms with van der Waals surface area (Å²) in [6.45, 7) is 1.98. The largest absolute Gasteiger partial charge is 0.354 e. The molecule has 0 unspecified atom stereocenters. The van der Waals surface area contributed by atoms with Crippen LogP contribution in [0.15, 0.2) is 24.3 Å². The Morgan fingerprint density at radius 1 is 1.33 bits per heavy atom. The molecule has 24 heavy (non-hydrogen) atoms. The van der Waals surface area contributed by atoms with Crippen LogP contribution in [0.2, 0.25) is 0 Å². The monoisotopic (exact) mass is 328 g/mol. The zero-order valence-corrected chi connectivity index (χ0v) is 14.1. The van der Waals surface area contributed by atoms with Gasteiger partial charge in [-0.3, -0.25) is 9.59 Å². The lowest BCUT2D eigenvalue weighted by molar-refractivity contribution is -0.128. The number of benzene rings is 1. The van der Waals surface area contributed by atoms with Gasteiger partial charge in [-0.2, -0.15) is 0 Å². The number of likely N-dealkylation sites (tertiary alicyclic amines) is 1. The minimum absolute atomic E-state index is 0.0420. The van der Waals surface area contributed by atoms with Crippen molar-refractivity contribution in [1.82, 2.24) is 19.8 Å². The summed E-state index contributed by atoms with van der Waals surface area (Å²) in [5, 5.41) is 2.90. The van der Waals surface area contributed by atoms with Crippen molar-refractivity contribution in [1.29, 1.82) is 0 Å². The van der Waals surface area contributed by atoms with E-state index in [4.69, 9.17) is 0 Å². The number of nitrogens with zero attached hydrogens (tertiary/aromatic N) is 3. The quantitative estimate of drug-likeness (QED) is 0.840. The molecule has 6 nitrogen and oxygen atoms in total. The fraction of sp³-hybridized carbons (Fsp3) is 0.500. The molecule has 1 saturated heterocycles. The van der Waals surface area contributed by atoms with Crippen LogP contribution in [0.25, 0.3) is 11.0 Å². The molecule has 1 aliphatic rings. The van der Waals surface area contributed by atoms with Crippen LogP contribution in [0, 0.1) is 0 Å². The molecular weight excluding hydrogens is 304 g/mol. The molecule has 2 amide bonds. The number of hydrogen-bond acceptors (Lipinski definition) is 3. The van der Waals surface area contributed by atoms with Crippen molar-refractivity contribution >= 4 is 22.8 Å². The second kappa shape index (κ2) is 7.47. The Morgan fingerprint density at radius 3 is 2.92 bits per heavy atom. The van der Waals surface area contributed by atoms with Gasteiger partial charge < -0.3 is 14.8 Å². The molecule has 1 aromatic heterocycles. The van der Waals surface area contributed by atoms with E-state index in [1.165, 1.54) is 0 Å². The highest BCUT2D eigenvalue weighted by Crippen LogP contribution is 2.15. The number of aromatic nitrogens is 2. The number of amides is 2. The maximum absolute atomic E-state index is 11.9. The van der Waals surface area contributed by atoms with Crippen LogP contribution in [-0.4, -0.2) is 45.9 Å². The maximum Gasteiger partial charge on any atom is 0.222 e. The number of rotatable bonds is 7. The van der Waals surface area contributed by atoms with Crippen molar-refractivity contribution in [3.63, 3.8) is 0 Å². The van der Waals surface area contributed by atoms with Crippen LogP contribution in [0.4, 0.5) is 0 Å². The second-order valence-electron chi connectivity index (χ2n) is 6.26. The number of fused-ring (bicyclic) bond motifs is 1. The van der Waals surface area contributed by atoms with Gasteiger partial charge in [0.05, 0.1) is 11.0 Å². The first-order valence-electron chi connectivity index (χ1n) is 8.60. The predicted molar refractivity (Wildman–Crippen MR) is 92.5 cm³/mol. The van der Waals surface area contributed by atoms with Crippen molar-refractivity contribution in [2.75, 3.05) is 19.6 Å². The molecule has 0 radical (unpaired) electrons. The first-order valence-corrected chi connectivity index (χ1v) is 8.60. The highest BCUT2D eigenvalue weighted by Gasteiger charge is 2.19. The molecule has 1 fully saturated rings. The zero-order valence-electron chi connectivity index (χ0n) is 14.1. The third-order valence-corrected chi connectivity index (χ3v) is 4.56. The van der Waals surface area contributed by atoms with E-state index in [1.54, 1.807) is 0 Å². The Bertz CT molecular complexity index is 738. The minimum Gasteiger partial charge on any atom is -0.354 e. The van der Waals surface area contributed by atoms with Gasteiger partial charge in [-0.15, -0.1) is 0 Å². The van der Waals surface area contributed by atoms with Crippen molar-refractivity contribution in [2.45, 2.75) is 32.1 Å². The van der Waals surface area contributed by atoms with Gasteiger partial charge >= 0.3 is 0 Å². The van der Waals surface area contributed by atoms with Gasteiger partial charge in [-0.1, -0.05) is 12.1 Å². The number of imidazole rings is 1. The first-order chi connectivity index (χ1) is 11.6. The molecule has 0 bridgehead atoms. The molecular formula is C18H24N4O2. The highest BCUT2D eigenvalue weighted by atomic mass is 16.2. The zero-order chi connectivity index (χ0) is 16.9. The molecule has 3 rings (SSSR count). The Morgan fingerprint density at radius 2 is 2.17 bits per heavy atom. The average Bonchev–Trinajstić information content (AvgIpc) is 3.12. The van der Waals surface area contributed by atoms with Crippen molar-refractivity contribution in [3.8, 4) is 0 Å². The summed E-state index contributed by atoms with van der Waals surface area (Å²) in [5.74, 6) is 1.25. The van der Waals surface area contributed by atoms with E-state index in [-0.39, 0.29) is 11.8 Å². The van der Waals surface area contributed by atoms with E-state index in [0.29, 0.717) is 25.9 Å². The molecule has 1 aromatic carbocycles. The molecule has 0 spiro atoms. The van der Waals surface area contributed by atoms with Crippen LogP contribution in [0.5, 0.6) is 0 Å². The topological polar surface area (TPSA) is 67.2 Å². The van der Waals surface area contributed by atoms with E-state index in [0.717, 1.165) is 42.7 Å². The lowest BCUT2D eigenvalue weighted by Crippen LogP contribution is -2.35. The van der Waals surface area contributed by atoms with Gasteiger partial charge in [0.2, 0.25) is 11.8 Å². The number of carbonyl (C=O) groups is 2. The Labute approximate surface area is 141 Å². The third kappa shape index (κ3) is 3.75. The first kappa shape index (κ1) is 16.5. The van der Waals surface area contributed by atoms with E-state index < -0.39 is 0 Å². The third-order valence-electron chi connectivity index (χ3n) is 4.56. The molecule has 2 aromatic rings. The van der Waals surface area contributed by atoms with Gasteiger partial charge in [0, 0.05) is 45.9 Å². The smallest absolute Gasteiger partial charge is 0.222 e. The molecule has 1 N–H and O–H groups in total. The van der Waals surface area contributed by atoms with E-state index in [1.807, 2.05) is 30.1 Å². The van der Waals surface area contributed by atoms with Gasteiger partial charge in [0.1, 0.15) is 5.82 Å². The van der Waals surface area contributed by atoms with Crippen molar-refractivity contribution < 1.29 is 9.59 Å². The van der Waals surface area contributed by atoms with Gasteiger partial charge in [0.25, 0.3) is 0 Å². The highest BCUT2D eigenvalue weighted by molar-refractivity contribution is 5.78. The Hall–Kier alpha value is -2.37. The average molecular weight is 328 g/mol. The summed E-state index contributed by atoms with van der Waals surface area (Å²) in [6.07, 6.45) is 3.61. The summed E-state index contributed by atoms with van der Waals surface area (Å²) in [7, 11) is 2.01. The molecule has 0 atom stereocenters. The summed E-state index contributed by atoms with van der Waals surface area (Å²) in [6, 6.07) is 8.05. The number of para-hydroxylation sites is 2. The SMILES string of the molecule is Cn1c(CCCC(=O)NCCN2CCCC2=O)nc2ccccc21. The van der Waals surface area contributed by atoms with Crippen LogP contribution < -0.4 is 5.32 Å². The molecule has 2 heterocycles. The standard InChI is InChI=1S/C18H24N4O2/c1-21-15-7-3-2-6-14(15)20-16(21)8-4-9-17(23)19-11-13-22-12-5-10-18(22)24/h2-3,6-7H,4-5,8-13H2,1H3,(H,19,23). The second-order valence-corrected chi connectivity index (χ2v) is 6.26.